The summed E-state index contributed by atoms with van der Waals surface area (Å²) >= 11 is 4.83. The molecule has 0 bridgehead atoms. The number of benzene rings is 2. The van der Waals surface area contributed by atoms with E-state index in [0.717, 1.165) is 21.3 Å². The second-order valence-electron chi connectivity index (χ2n) is 5.28. The van der Waals surface area contributed by atoms with Crippen molar-refractivity contribution in [1.82, 2.24) is 4.98 Å². The minimum Gasteiger partial charge on any atom is -0.298 e. The molecular weight excluding hydrogens is 384 g/mol. The molecular formula is C19H15BrN2OS. The highest BCUT2D eigenvalue weighted by molar-refractivity contribution is 9.10. The first kappa shape index (κ1) is 16.6. The Labute approximate surface area is 153 Å². The molecule has 1 N–H and O–H groups in total. The molecule has 0 saturated carbocycles. The van der Waals surface area contributed by atoms with Crippen molar-refractivity contribution in [3.05, 3.63) is 75.6 Å². The summed E-state index contributed by atoms with van der Waals surface area (Å²) in [4.78, 5) is 16.5. The molecule has 3 nitrogen and oxygen atoms in total. The van der Waals surface area contributed by atoms with Crippen molar-refractivity contribution in [2.45, 2.75) is 6.92 Å². The Morgan fingerprint density at radius 2 is 1.83 bits per heavy atom. The number of thiazole rings is 1. The third kappa shape index (κ3) is 4.40. The fourth-order valence-corrected chi connectivity index (χ4v) is 3.07. The second-order valence-corrected chi connectivity index (χ2v) is 7.05. The minimum atomic E-state index is -0.188. The number of carbonyl (C=O) groups is 1. The van der Waals surface area contributed by atoms with Crippen molar-refractivity contribution in [2.75, 3.05) is 5.32 Å². The van der Waals surface area contributed by atoms with E-state index in [4.69, 9.17) is 0 Å². The van der Waals surface area contributed by atoms with E-state index in [-0.39, 0.29) is 5.91 Å². The van der Waals surface area contributed by atoms with Crippen LogP contribution in [0.1, 0.15) is 11.1 Å². The number of hydrogen-bond acceptors (Lipinski definition) is 3. The number of aromatic nitrogens is 1. The van der Waals surface area contributed by atoms with Crippen LogP contribution in [0, 0.1) is 6.92 Å². The average molecular weight is 399 g/mol. The summed E-state index contributed by atoms with van der Waals surface area (Å²) in [5.41, 5.74) is 4.06. The van der Waals surface area contributed by atoms with E-state index >= 15 is 0 Å². The number of hydrogen-bond donors (Lipinski definition) is 1. The van der Waals surface area contributed by atoms with E-state index in [0.29, 0.717) is 5.13 Å². The Kier molecular flexibility index (Phi) is 5.23. The van der Waals surface area contributed by atoms with Crippen LogP contribution < -0.4 is 5.32 Å². The maximum Gasteiger partial charge on any atom is 0.250 e. The average Bonchev–Trinajstić information content (AvgIpc) is 3.03. The second kappa shape index (κ2) is 7.55. The van der Waals surface area contributed by atoms with Crippen LogP contribution in [0.5, 0.6) is 0 Å². The van der Waals surface area contributed by atoms with Crippen molar-refractivity contribution in [3.8, 4) is 11.3 Å². The lowest BCUT2D eigenvalue weighted by Gasteiger charge is -1.98. The van der Waals surface area contributed by atoms with Gasteiger partial charge in [-0.25, -0.2) is 4.98 Å². The lowest BCUT2D eigenvalue weighted by atomic mass is 10.1. The summed E-state index contributed by atoms with van der Waals surface area (Å²) in [7, 11) is 0. The van der Waals surface area contributed by atoms with Gasteiger partial charge in [0.2, 0.25) is 5.91 Å². The molecule has 1 aromatic heterocycles. The number of aryl methyl sites for hydroxylation is 1. The number of rotatable bonds is 4. The zero-order valence-corrected chi connectivity index (χ0v) is 15.4. The number of amides is 1. The smallest absolute Gasteiger partial charge is 0.250 e. The Balaban J connectivity index is 1.64. The molecule has 0 fully saturated rings. The topological polar surface area (TPSA) is 42.0 Å². The van der Waals surface area contributed by atoms with Crippen LogP contribution in [0.25, 0.3) is 17.3 Å². The molecule has 3 rings (SSSR count). The molecule has 0 unspecified atom stereocenters. The Hall–Kier alpha value is -2.24. The number of anilines is 1. The van der Waals surface area contributed by atoms with Crippen molar-refractivity contribution in [2.24, 2.45) is 0 Å². The maximum atomic E-state index is 12.0. The van der Waals surface area contributed by atoms with Gasteiger partial charge in [0.15, 0.2) is 5.13 Å². The molecule has 0 aliphatic carbocycles. The van der Waals surface area contributed by atoms with Gasteiger partial charge in [-0.2, -0.15) is 0 Å². The van der Waals surface area contributed by atoms with Gasteiger partial charge in [-0.3, -0.25) is 10.1 Å². The Bertz CT molecular complexity index is 867. The zero-order valence-electron chi connectivity index (χ0n) is 13.0. The van der Waals surface area contributed by atoms with Gasteiger partial charge in [-0.15, -0.1) is 11.3 Å². The van der Waals surface area contributed by atoms with Crippen LogP contribution in [0.2, 0.25) is 0 Å². The number of nitrogens with zero attached hydrogens (tertiary/aromatic N) is 1. The molecule has 3 aromatic rings. The van der Waals surface area contributed by atoms with Gasteiger partial charge < -0.3 is 0 Å². The van der Waals surface area contributed by atoms with Crippen LogP contribution in [0.3, 0.4) is 0 Å². The lowest BCUT2D eigenvalue weighted by molar-refractivity contribution is -0.111. The van der Waals surface area contributed by atoms with E-state index in [1.54, 1.807) is 6.08 Å². The lowest BCUT2D eigenvalue weighted by Crippen LogP contribution is -2.07. The van der Waals surface area contributed by atoms with E-state index in [9.17, 15) is 4.79 Å². The molecule has 0 atom stereocenters. The summed E-state index contributed by atoms with van der Waals surface area (Å²) in [6, 6.07) is 15.9. The van der Waals surface area contributed by atoms with Gasteiger partial charge in [0.05, 0.1) is 5.69 Å². The first-order valence-corrected chi connectivity index (χ1v) is 9.04. The molecule has 120 valence electrons. The highest BCUT2D eigenvalue weighted by Gasteiger charge is 2.06. The highest BCUT2D eigenvalue weighted by Crippen LogP contribution is 2.26. The number of halogens is 1. The molecule has 2 aromatic carbocycles. The SMILES string of the molecule is Cc1ccc(C=CC(=O)Nc2nc(-c3ccc(Br)cc3)cs2)cc1. The van der Waals surface area contributed by atoms with E-state index in [1.165, 1.54) is 23.0 Å². The van der Waals surface area contributed by atoms with Gasteiger partial charge in [0.1, 0.15) is 0 Å². The Morgan fingerprint density at radius 1 is 1.12 bits per heavy atom. The first-order chi connectivity index (χ1) is 11.6. The molecule has 0 radical (unpaired) electrons. The van der Waals surface area contributed by atoms with Gasteiger partial charge in [0.25, 0.3) is 0 Å². The number of carbonyl (C=O) groups excluding carboxylic acids is 1. The zero-order chi connectivity index (χ0) is 16.9. The standard InChI is InChI=1S/C19H15BrN2OS/c1-13-2-4-14(5-3-13)6-11-18(23)22-19-21-17(12-24-19)15-7-9-16(20)10-8-15/h2-12H,1H3,(H,21,22,23). The largest absolute Gasteiger partial charge is 0.298 e. The fraction of sp³-hybridized carbons (Fsp3) is 0.0526. The summed E-state index contributed by atoms with van der Waals surface area (Å²) in [6.45, 7) is 2.03. The summed E-state index contributed by atoms with van der Waals surface area (Å²) in [6.07, 6.45) is 3.31. The monoisotopic (exact) mass is 398 g/mol. The third-order valence-electron chi connectivity index (χ3n) is 3.38. The van der Waals surface area contributed by atoms with E-state index < -0.39 is 0 Å². The van der Waals surface area contributed by atoms with Crippen molar-refractivity contribution in [1.29, 1.82) is 0 Å². The molecule has 1 amide bonds. The van der Waals surface area contributed by atoms with Gasteiger partial charge in [0, 0.05) is 21.5 Å². The van der Waals surface area contributed by atoms with Gasteiger partial charge in [-0.05, 0) is 30.7 Å². The predicted molar refractivity (Wildman–Crippen MR) is 104 cm³/mol. The molecule has 5 heteroatoms. The van der Waals surface area contributed by atoms with Crippen molar-refractivity contribution >= 4 is 44.4 Å². The summed E-state index contributed by atoms with van der Waals surface area (Å²) < 4.78 is 1.02. The van der Waals surface area contributed by atoms with Crippen LogP contribution in [0.15, 0.2) is 64.5 Å². The van der Waals surface area contributed by atoms with Crippen LogP contribution in [-0.2, 0) is 4.79 Å². The van der Waals surface area contributed by atoms with E-state index in [2.05, 4.69) is 26.2 Å². The highest BCUT2D eigenvalue weighted by atomic mass is 79.9. The Morgan fingerprint density at radius 3 is 2.54 bits per heavy atom. The molecule has 0 spiro atoms. The fourth-order valence-electron chi connectivity index (χ4n) is 2.08. The minimum absolute atomic E-state index is 0.188. The molecule has 0 aliphatic rings. The van der Waals surface area contributed by atoms with Crippen LogP contribution >= 0.6 is 27.3 Å². The molecule has 24 heavy (non-hydrogen) atoms. The van der Waals surface area contributed by atoms with Gasteiger partial charge >= 0.3 is 0 Å². The van der Waals surface area contributed by atoms with Crippen molar-refractivity contribution < 1.29 is 4.79 Å². The number of nitrogens with one attached hydrogen (secondary N) is 1. The molecule has 1 heterocycles. The maximum absolute atomic E-state index is 12.0. The van der Waals surface area contributed by atoms with Gasteiger partial charge in [-0.1, -0.05) is 57.9 Å². The van der Waals surface area contributed by atoms with Crippen molar-refractivity contribution in [3.63, 3.8) is 0 Å². The summed E-state index contributed by atoms with van der Waals surface area (Å²) in [5.74, 6) is -0.188. The van der Waals surface area contributed by atoms with Crippen LogP contribution in [-0.4, -0.2) is 10.9 Å². The summed E-state index contributed by atoms with van der Waals surface area (Å²) in [5, 5.41) is 5.32. The normalized spacial score (nSPS) is 10.9. The first-order valence-electron chi connectivity index (χ1n) is 7.37. The van der Waals surface area contributed by atoms with Crippen LogP contribution in [0.4, 0.5) is 5.13 Å². The third-order valence-corrected chi connectivity index (χ3v) is 4.67. The molecule has 0 saturated heterocycles. The van der Waals surface area contributed by atoms with E-state index in [1.807, 2.05) is 60.8 Å². The predicted octanol–water partition coefficient (Wildman–Crippen LogP) is 5.53. The molecule has 0 aliphatic heterocycles. The quantitative estimate of drug-likeness (QED) is 0.586.